The van der Waals surface area contributed by atoms with E-state index in [0.29, 0.717) is 5.56 Å². The van der Waals surface area contributed by atoms with Gasteiger partial charge in [-0.05, 0) is 57.6 Å². The summed E-state index contributed by atoms with van der Waals surface area (Å²) in [5.74, 6) is -0.173. The molecule has 5 heteroatoms. The number of carbonyl (C=O) groups is 1. The Morgan fingerprint density at radius 2 is 2.05 bits per heavy atom. The minimum absolute atomic E-state index is 0.0134. The molecule has 0 aliphatic carbocycles. The summed E-state index contributed by atoms with van der Waals surface area (Å²) in [4.78, 5) is 14.4. The highest BCUT2D eigenvalue weighted by atomic mass is 35.5. The van der Waals surface area contributed by atoms with Gasteiger partial charge in [0, 0.05) is 11.6 Å². The van der Waals surface area contributed by atoms with E-state index in [2.05, 4.69) is 24.1 Å². The number of hydrogen-bond donors (Lipinski definition) is 2. The Morgan fingerprint density at radius 1 is 1.38 bits per heavy atom. The Hall–Kier alpha value is -1.26. The molecule has 0 aliphatic heterocycles. The number of phenolic OH excluding ortho intramolecular Hbond substituents is 1. The van der Waals surface area contributed by atoms with Gasteiger partial charge in [-0.3, -0.25) is 4.79 Å². The molecule has 1 atom stereocenters. The van der Waals surface area contributed by atoms with Crippen molar-refractivity contribution in [1.82, 2.24) is 10.2 Å². The molecule has 4 nitrogen and oxygen atoms in total. The Labute approximate surface area is 132 Å². The normalized spacial score (nSPS) is 12.4. The molecular formula is C16H25ClN2O2. The first-order chi connectivity index (χ1) is 9.97. The monoisotopic (exact) mass is 312 g/mol. The lowest BCUT2D eigenvalue weighted by atomic mass is 10.1. The van der Waals surface area contributed by atoms with E-state index in [9.17, 15) is 9.90 Å². The zero-order chi connectivity index (χ0) is 15.8. The number of aromatic hydroxyl groups is 1. The quantitative estimate of drug-likeness (QED) is 0.774. The number of nitrogens with zero attached hydrogens (tertiary/aromatic N) is 1. The maximum Gasteiger partial charge on any atom is 0.251 e. The van der Waals surface area contributed by atoms with Crippen LogP contribution in [0.2, 0.25) is 5.02 Å². The van der Waals surface area contributed by atoms with E-state index >= 15 is 0 Å². The SMILES string of the molecule is CCN(CC)CCCC(C)NC(=O)c1ccc(O)c(Cl)c1. The van der Waals surface area contributed by atoms with E-state index in [-0.39, 0.29) is 22.7 Å². The lowest BCUT2D eigenvalue weighted by Gasteiger charge is -2.19. The van der Waals surface area contributed by atoms with Crippen molar-refractivity contribution in [3.05, 3.63) is 28.8 Å². The van der Waals surface area contributed by atoms with Gasteiger partial charge in [0.1, 0.15) is 5.75 Å². The number of hydrogen-bond acceptors (Lipinski definition) is 3. The van der Waals surface area contributed by atoms with Gasteiger partial charge in [-0.25, -0.2) is 0 Å². The van der Waals surface area contributed by atoms with Crippen molar-refractivity contribution < 1.29 is 9.90 Å². The van der Waals surface area contributed by atoms with Crippen molar-refractivity contribution in [3.63, 3.8) is 0 Å². The third kappa shape index (κ3) is 5.94. The second kappa shape index (κ2) is 8.90. The van der Waals surface area contributed by atoms with Gasteiger partial charge in [0.15, 0.2) is 0 Å². The van der Waals surface area contributed by atoms with Crippen molar-refractivity contribution in [2.45, 2.75) is 39.7 Å². The van der Waals surface area contributed by atoms with Gasteiger partial charge in [0.05, 0.1) is 5.02 Å². The van der Waals surface area contributed by atoms with Gasteiger partial charge in [0.2, 0.25) is 0 Å². The summed E-state index contributed by atoms with van der Waals surface area (Å²) in [6.45, 7) is 9.49. The van der Waals surface area contributed by atoms with Crippen molar-refractivity contribution in [2.24, 2.45) is 0 Å². The third-order valence-electron chi connectivity index (χ3n) is 3.59. The van der Waals surface area contributed by atoms with Crippen LogP contribution in [0.15, 0.2) is 18.2 Å². The molecule has 1 rings (SSSR count). The highest BCUT2D eigenvalue weighted by Gasteiger charge is 2.11. The van der Waals surface area contributed by atoms with Crippen LogP contribution in [0.5, 0.6) is 5.75 Å². The molecule has 1 aromatic rings. The average molecular weight is 313 g/mol. The van der Waals surface area contributed by atoms with Gasteiger partial charge in [-0.1, -0.05) is 25.4 Å². The lowest BCUT2D eigenvalue weighted by Crippen LogP contribution is -2.33. The fraction of sp³-hybridized carbons (Fsp3) is 0.562. The molecule has 0 aliphatic rings. The molecule has 0 heterocycles. The maximum atomic E-state index is 12.1. The highest BCUT2D eigenvalue weighted by Crippen LogP contribution is 2.23. The minimum Gasteiger partial charge on any atom is -0.506 e. The van der Waals surface area contributed by atoms with Crippen LogP contribution in [0, 0.1) is 0 Å². The predicted molar refractivity (Wildman–Crippen MR) is 87.1 cm³/mol. The van der Waals surface area contributed by atoms with Crippen LogP contribution < -0.4 is 5.32 Å². The standard InChI is InChI=1S/C16H25ClN2O2/c1-4-19(5-2)10-6-7-12(3)18-16(21)13-8-9-15(20)14(17)11-13/h8-9,11-12,20H,4-7,10H2,1-3H3,(H,18,21). The number of halogens is 1. The van der Waals surface area contributed by atoms with Crippen molar-refractivity contribution >= 4 is 17.5 Å². The second-order valence-electron chi connectivity index (χ2n) is 5.21. The fourth-order valence-corrected chi connectivity index (χ4v) is 2.37. The number of nitrogens with one attached hydrogen (secondary N) is 1. The Balaban J connectivity index is 2.41. The summed E-state index contributed by atoms with van der Waals surface area (Å²) in [6, 6.07) is 4.59. The van der Waals surface area contributed by atoms with Crippen LogP contribution in [0.25, 0.3) is 0 Å². The maximum absolute atomic E-state index is 12.1. The smallest absolute Gasteiger partial charge is 0.251 e. The van der Waals surface area contributed by atoms with Crippen LogP contribution >= 0.6 is 11.6 Å². The topological polar surface area (TPSA) is 52.6 Å². The molecule has 0 fully saturated rings. The molecule has 0 radical (unpaired) electrons. The molecule has 0 saturated carbocycles. The molecule has 1 unspecified atom stereocenters. The summed E-state index contributed by atoms with van der Waals surface area (Å²) in [7, 11) is 0. The first-order valence-corrected chi connectivity index (χ1v) is 7.87. The van der Waals surface area contributed by atoms with E-state index in [1.807, 2.05) is 6.92 Å². The molecule has 0 aromatic heterocycles. The molecule has 0 bridgehead atoms. The van der Waals surface area contributed by atoms with Crippen LogP contribution in [0.4, 0.5) is 0 Å². The van der Waals surface area contributed by atoms with E-state index in [0.717, 1.165) is 32.5 Å². The first kappa shape index (κ1) is 17.8. The highest BCUT2D eigenvalue weighted by molar-refractivity contribution is 6.32. The summed E-state index contributed by atoms with van der Waals surface area (Å²) in [5, 5.41) is 12.5. The van der Waals surface area contributed by atoms with Crippen LogP contribution in [0.1, 0.15) is 44.0 Å². The lowest BCUT2D eigenvalue weighted by molar-refractivity contribution is 0.0937. The van der Waals surface area contributed by atoms with Gasteiger partial charge in [-0.15, -0.1) is 0 Å². The van der Waals surface area contributed by atoms with E-state index in [1.54, 1.807) is 6.07 Å². The predicted octanol–water partition coefficient (Wildman–Crippen LogP) is 3.29. The number of amides is 1. The zero-order valence-corrected chi connectivity index (χ0v) is 13.8. The van der Waals surface area contributed by atoms with Crippen LogP contribution in [-0.2, 0) is 0 Å². The Morgan fingerprint density at radius 3 is 2.62 bits per heavy atom. The van der Waals surface area contributed by atoms with Crippen LogP contribution in [-0.4, -0.2) is 41.6 Å². The number of rotatable bonds is 8. The van der Waals surface area contributed by atoms with E-state index in [4.69, 9.17) is 11.6 Å². The zero-order valence-electron chi connectivity index (χ0n) is 13.0. The van der Waals surface area contributed by atoms with E-state index in [1.165, 1.54) is 12.1 Å². The molecule has 21 heavy (non-hydrogen) atoms. The molecule has 2 N–H and O–H groups in total. The average Bonchev–Trinajstić information content (AvgIpc) is 2.46. The Kier molecular flexibility index (Phi) is 7.54. The van der Waals surface area contributed by atoms with E-state index < -0.39 is 0 Å². The Bertz CT molecular complexity index is 462. The number of benzene rings is 1. The minimum atomic E-state index is -0.160. The van der Waals surface area contributed by atoms with Crippen molar-refractivity contribution in [1.29, 1.82) is 0 Å². The molecule has 118 valence electrons. The van der Waals surface area contributed by atoms with Crippen molar-refractivity contribution in [2.75, 3.05) is 19.6 Å². The van der Waals surface area contributed by atoms with Gasteiger partial charge < -0.3 is 15.3 Å². The van der Waals surface area contributed by atoms with Gasteiger partial charge in [-0.2, -0.15) is 0 Å². The third-order valence-corrected chi connectivity index (χ3v) is 3.90. The summed E-state index contributed by atoms with van der Waals surface area (Å²) in [5.41, 5.74) is 0.466. The van der Waals surface area contributed by atoms with Gasteiger partial charge >= 0.3 is 0 Å². The fourth-order valence-electron chi connectivity index (χ4n) is 2.19. The van der Waals surface area contributed by atoms with Crippen LogP contribution in [0.3, 0.4) is 0 Å². The largest absolute Gasteiger partial charge is 0.506 e. The molecule has 0 saturated heterocycles. The second-order valence-corrected chi connectivity index (χ2v) is 5.62. The summed E-state index contributed by atoms with van der Waals surface area (Å²) < 4.78 is 0. The summed E-state index contributed by atoms with van der Waals surface area (Å²) in [6.07, 6.45) is 1.99. The van der Waals surface area contributed by atoms with Crippen molar-refractivity contribution in [3.8, 4) is 5.75 Å². The van der Waals surface area contributed by atoms with Gasteiger partial charge in [0.25, 0.3) is 5.91 Å². The number of carbonyl (C=O) groups excluding carboxylic acids is 1. The molecule has 0 spiro atoms. The first-order valence-electron chi connectivity index (χ1n) is 7.49. The molecular weight excluding hydrogens is 288 g/mol. The molecule has 1 amide bonds. The number of phenols is 1. The summed E-state index contributed by atoms with van der Waals surface area (Å²) >= 11 is 5.81. The molecule has 1 aromatic carbocycles.